The molecule has 0 aliphatic rings. The Labute approximate surface area is 131 Å². The summed E-state index contributed by atoms with van der Waals surface area (Å²) >= 11 is 3.34. The van der Waals surface area contributed by atoms with Crippen LogP contribution in [-0.4, -0.2) is 13.1 Å². The Morgan fingerprint density at radius 1 is 1.19 bits per heavy atom. The van der Waals surface area contributed by atoms with E-state index in [2.05, 4.69) is 15.9 Å². The van der Waals surface area contributed by atoms with Gasteiger partial charge in [-0.3, -0.25) is 4.79 Å². The summed E-state index contributed by atoms with van der Waals surface area (Å²) in [4.78, 5) is 11.9. The quantitative estimate of drug-likeness (QED) is 0.628. The number of hydrogen-bond donors (Lipinski definition) is 0. The number of carbonyl (C=O) groups excluding carboxylic acids is 1. The molecule has 0 aromatic heterocycles. The number of nitriles is 1. The number of esters is 1. The lowest BCUT2D eigenvalue weighted by molar-refractivity contribution is -0.133. The first-order chi connectivity index (χ1) is 10.1. The molecular weight excluding hydrogens is 334 g/mol. The highest BCUT2D eigenvalue weighted by Gasteiger charge is 2.11. The molecule has 0 fully saturated rings. The summed E-state index contributed by atoms with van der Waals surface area (Å²) in [6.07, 6.45) is 0.163. The average molecular weight is 346 g/mol. The highest BCUT2D eigenvalue weighted by Crippen LogP contribution is 2.28. The molecule has 0 amide bonds. The molecule has 0 saturated carbocycles. The van der Waals surface area contributed by atoms with Crippen molar-refractivity contribution >= 4 is 21.9 Å². The van der Waals surface area contributed by atoms with E-state index in [1.165, 1.54) is 13.2 Å². The summed E-state index contributed by atoms with van der Waals surface area (Å²) in [6.45, 7) is 0. The van der Waals surface area contributed by atoms with Crippen LogP contribution in [0.5, 0.6) is 11.5 Å². The van der Waals surface area contributed by atoms with Crippen molar-refractivity contribution in [1.82, 2.24) is 0 Å². The second kappa shape index (κ2) is 6.91. The van der Waals surface area contributed by atoms with Gasteiger partial charge in [-0.1, -0.05) is 28.1 Å². The van der Waals surface area contributed by atoms with E-state index in [-0.39, 0.29) is 12.4 Å². The predicted octanol–water partition coefficient (Wildman–Crippen LogP) is 3.48. The molecule has 106 valence electrons. The highest BCUT2D eigenvalue weighted by atomic mass is 79.9. The van der Waals surface area contributed by atoms with Gasteiger partial charge in [-0.25, -0.2) is 0 Å². The lowest BCUT2D eigenvalue weighted by atomic mass is 10.1. The molecule has 0 aliphatic heterocycles. The standard InChI is InChI=1S/C16H12BrNO3/c1-20-15-8-12(10-18)4-7-14(15)21-16(19)9-11-2-5-13(17)6-3-11/h2-8H,9H2,1H3. The number of rotatable bonds is 4. The Balaban J connectivity index is 2.09. The van der Waals surface area contributed by atoms with Gasteiger partial charge in [-0.05, 0) is 29.8 Å². The first-order valence-electron chi connectivity index (χ1n) is 6.15. The molecular formula is C16H12BrNO3. The monoisotopic (exact) mass is 345 g/mol. The van der Waals surface area contributed by atoms with E-state index in [0.29, 0.717) is 17.1 Å². The van der Waals surface area contributed by atoms with Gasteiger partial charge in [-0.2, -0.15) is 5.26 Å². The van der Waals surface area contributed by atoms with Crippen molar-refractivity contribution in [3.8, 4) is 17.6 Å². The number of benzene rings is 2. The number of nitrogens with zero attached hydrogens (tertiary/aromatic N) is 1. The van der Waals surface area contributed by atoms with Crippen LogP contribution in [0.25, 0.3) is 0 Å². The molecule has 5 heteroatoms. The van der Waals surface area contributed by atoms with Crippen molar-refractivity contribution in [2.24, 2.45) is 0 Å². The molecule has 0 bridgehead atoms. The first kappa shape index (κ1) is 15.1. The molecule has 0 aliphatic carbocycles. The van der Waals surface area contributed by atoms with Crippen LogP contribution in [0.4, 0.5) is 0 Å². The summed E-state index contributed by atoms with van der Waals surface area (Å²) in [5.74, 6) is 0.275. The largest absolute Gasteiger partial charge is 0.493 e. The summed E-state index contributed by atoms with van der Waals surface area (Å²) in [6, 6.07) is 14.1. The molecule has 0 heterocycles. The van der Waals surface area contributed by atoms with E-state index in [0.717, 1.165) is 10.0 Å². The number of hydrogen-bond acceptors (Lipinski definition) is 4. The summed E-state index contributed by atoms with van der Waals surface area (Å²) < 4.78 is 11.4. The zero-order chi connectivity index (χ0) is 15.2. The first-order valence-corrected chi connectivity index (χ1v) is 6.95. The summed E-state index contributed by atoms with van der Waals surface area (Å²) in [7, 11) is 1.46. The molecule has 21 heavy (non-hydrogen) atoms. The molecule has 2 rings (SSSR count). The second-order valence-corrected chi connectivity index (χ2v) is 5.17. The van der Waals surface area contributed by atoms with E-state index in [1.54, 1.807) is 12.1 Å². The van der Waals surface area contributed by atoms with Crippen LogP contribution in [0.2, 0.25) is 0 Å². The van der Waals surface area contributed by atoms with Crippen molar-refractivity contribution in [3.05, 3.63) is 58.1 Å². The van der Waals surface area contributed by atoms with Gasteiger partial charge in [0.2, 0.25) is 0 Å². The average Bonchev–Trinajstić information content (AvgIpc) is 2.50. The molecule has 0 spiro atoms. The maximum atomic E-state index is 11.9. The molecule has 2 aromatic carbocycles. The normalized spacial score (nSPS) is 9.76. The predicted molar refractivity (Wildman–Crippen MR) is 81.2 cm³/mol. The fourth-order valence-electron chi connectivity index (χ4n) is 1.75. The topological polar surface area (TPSA) is 59.3 Å². The highest BCUT2D eigenvalue weighted by molar-refractivity contribution is 9.10. The number of methoxy groups -OCH3 is 1. The smallest absolute Gasteiger partial charge is 0.315 e. The van der Waals surface area contributed by atoms with Gasteiger partial charge in [0.1, 0.15) is 0 Å². The second-order valence-electron chi connectivity index (χ2n) is 4.25. The Kier molecular flexibility index (Phi) is 4.96. The van der Waals surface area contributed by atoms with Gasteiger partial charge in [0.25, 0.3) is 0 Å². The molecule has 0 atom stereocenters. The Morgan fingerprint density at radius 2 is 1.90 bits per heavy atom. The zero-order valence-corrected chi connectivity index (χ0v) is 12.9. The molecule has 0 radical (unpaired) electrons. The molecule has 0 N–H and O–H groups in total. The van der Waals surface area contributed by atoms with Crippen LogP contribution in [0.15, 0.2) is 46.9 Å². The third-order valence-corrected chi connectivity index (χ3v) is 3.31. The van der Waals surface area contributed by atoms with Gasteiger partial charge in [0, 0.05) is 10.5 Å². The van der Waals surface area contributed by atoms with Crippen molar-refractivity contribution in [2.45, 2.75) is 6.42 Å². The van der Waals surface area contributed by atoms with Crippen molar-refractivity contribution < 1.29 is 14.3 Å². The maximum absolute atomic E-state index is 11.9. The Hall–Kier alpha value is -2.32. The number of halogens is 1. The van der Waals surface area contributed by atoms with Gasteiger partial charge >= 0.3 is 5.97 Å². The number of carbonyl (C=O) groups is 1. The number of ether oxygens (including phenoxy) is 2. The van der Waals surface area contributed by atoms with E-state index in [9.17, 15) is 4.79 Å². The summed E-state index contributed by atoms with van der Waals surface area (Å²) in [5.41, 5.74) is 1.30. The fraction of sp³-hybridized carbons (Fsp3) is 0.125. The third kappa shape index (κ3) is 4.07. The van der Waals surface area contributed by atoms with Crippen LogP contribution >= 0.6 is 15.9 Å². The lowest BCUT2D eigenvalue weighted by Crippen LogP contribution is -2.11. The van der Waals surface area contributed by atoms with Gasteiger partial charge in [0.15, 0.2) is 11.5 Å². The van der Waals surface area contributed by atoms with Crippen LogP contribution in [0.3, 0.4) is 0 Å². The Morgan fingerprint density at radius 3 is 2.52 bits per heavy atom. The zero-order valence-electron chi connectivity index (χ0n) is 11.3. The van der Waals surface area contributed by atoms with Crippen LogP contribution < -0.4 is 9.47 Å². The van der Waals surface area contributed by atoms with Gasteiger partial charge in [-0.15, -0.1) is 0 Å². The van der Waals surface area contributed by atoms with Crippen molar-refractivity contribution in [1.29, 1.82) is 5.26 Å². The minimum Gasteiger partial charge on any atom is -0.493 e. The van der Waals surface area contributed by atoms with Crippen LogP contribution in [0.1, 0.15) is 11.1 Å². The molecule has 2 aromatic rings. The fourth-order valence-corrected chi connectivity index (χ4v) is 2.01. The molecule has 0 saturated heterocycles. The van der Waals surface area contributed by atoms with E-state index in [4.69, 9.17) is 14.7 Å². The summed E-state index contributed by atoms with van der Waals surface area (Å²) in [5, 5.41) is 8.83. The van der Waals surface area contributed by atoms with Crippen LogP contribution in [0, 0.1) is 11.3 Å². The van der Waals surface area contributed by atoms with E-state index < -0.39 is 0 Å². The van der Waals surface area contributed by atoms with Gasteiger partial charge < -0.3 is 9.47 Å². The molecule has 0 unspecified atom stereocenters. The lowest BCUT2D eigenvalue weighted by Gasteiger charge is -2.09. The SMILES string of the molecule is COc1cc(C#N)ccc1OC(=O)Cc1ccc(Br)cc1. The van der Waals surface area contributed by atoms with Crippen molar-refractivity contribution in [3.63, 3.8) is 0 Å². The molecule has 4 nitrogen and oxygen atoms in total. The Bertz CT molecular complexity index is 690. The minimum atomic E-state index is -0.389. The van der Waals surface area contributed by atoms with E-state index >= 15 is 0 Å². The maximum Gasteiger partial charge on any atom is 0.315 e. The van der Waals surface area contributed by atoms with E-state index in [1.807, 2.05) is 30.3 Å². The van der Waals surface area contributed by atoms with Crippen LogP contribution in [-0.2, 0) is 11.2 Å². The minimum absolute atomic E-state index is 0.163. The van der Waals surface area contributed by atoms with Crippen molar-refractivity contribution in [2.75, 3.05) is 7.11 Å². The van der Waals surface area contributed by atoms with Gasteiger partial charge in [0.05, 0.1) is 25.2 Å². The third-order valence-electron chi connectivity index (χ3n) is 2.78.